The zero-order valence-electron chi connectivity index (χ0n) is 14.1. The maximum atomic E-state index is 12.3. The maximum absolute atomic E-state index is 12.3. The fourth-order valence-electron chi connectivity index (χ4n) is 3.97. The van der Waals surface area contributed by atoms with E-state index in [0.29, 0.717) is 18.3 Å². The number of anilines is 1. The van der Waals surface area contributed by atoms with E-state index in [2.05, 4.69) is 15.2 Å². The van der Waals surface area contributed by atoms with E-state index in [4.69, 9.17) is 9.15 Å². The lowest BCUT2D eigenvalue weighted by Crippen LogP contribution is -2.41. The summed E-state index contributed by atoms with van der Waals surface area (Å²) in [6.45, 7) is 3.62. The number of carbonyl (C=O) groups is 1. The molecule has 1 amide bonds. The molecule has 0 bridgehead atoms. The highest BCUT2D eigenvalue weighted by Gasteiger charge is 2.41. The lowest BCUT2D eigenvalue weighted by Gasteiger charge is -2.35. The van der Waals surface area contributed by atoms with Gasteiger partial charge in [-0.2, -0.15) is 0 Å². The average Bonchev–Trinajstić information content (AvgIpc) is 3.26. The number of hydrogen-bond donors (Lipinski definition) is 1. The second-order valence-corrected chi connectivity index (χ2v) is 6.89. The van der Waals surface area contributed by atoms with Gasteiger partial charge in [-0.15, -0.1) is 0 Å². The molecule has 25 heavy (non-hydrogen) atoms. The van der Waals surface area contributed by atoms with Crippen LogP contribution in [0.4, 0.5) is 5.69 Å². The number of carbonyl (C=O) groups excluding carboxylic acids is 1. The van der Waals surface area contributed by atoms with Crippen LogP contribution in [-0.2, 0) is 16.1 Å². The summed E-state index contributed by atoms with van der Waals surface area (Å²) in [7, 11) is 0. The van der Waals surface area contributed by atoms with Gasteiger partial charge in [-0.1, -0.05) is 0 Å². The number of rotatable bonds is 5. The number of furan rings is 1. The number of aromatic nitrogens is 1. The number of hydrogen-bond acceptors (Lipinski definition) is 5. The van der Waals surface area contributed by atoms with Gasteiger partial charge in [-0.25, -0.2) is 0 Å². The first-order valence-corrected chi connectivity index (χ1v) is 8.84. The molecule has 6 heteroatoms. The summed E-state index contributed by atoms with van der Waals surface area (Å²) >= 11 is 0. The number of piperidine rings is 1. The Kier molecular flexibility index (Phi) is 4.81. The van der Waals surface area contributed by atoms with Crippen LogP contribution in [0, 0.1) is 11.8 Å². The molecule has 1 N–H and O–H groups in total. The Hall–Kier alpha value is -2.18. The Labute approximate surface area is 147 Å². The molecular weight excluding hydrogens is 318 g/mol. The molecule has 0 unspecified atom stereocenters. The second-order valence-electron chi connectivity index (χ2n) is 6.89. The average molecular weight is 341 g/mol. The molecule has 0 saturated carbocycles. The lowest BCUT2D eigenvalue weighted by molar-refractivity contribution is -0.118. The predicted molar refractivity (Wildman–Crippen MR) is 92.8 cm³/mol. The van der Waals surface area contributed by atoms with Gasteiger partial charge in [0.2, 0.25) is 5.91 Å². The summed E-state index contributed by atoms with van der Waals surface area (Å²) < 4.78 is 11.4. The van der Waals surface area contributed by atoms with Crippen molar-refractivity contribution in [2.45, 2.75) is 25.5 Å². The van der Waals surface area contributed by atoms with Crippen LogP contribution in [0.25, 0.3) is 0 Å². The van der Waals surface area contributed by atoms with Crippen LogP contribution in [0.2, 0.25) is 0 Å². The highest BCUT2D eigenvalue weighted by Crippen LogP contribution is 2.36. The number of pyridine rings is 1. The number of amides is 1. The summed E-state index contributed by atoms with van der Waals surface area (Å²) in [5.41, 5.74) is 0.732. The zero-order valence-corrected chi connectivity index (χ0v) is 14.1. The number of nitrogens with one attached hydrogen (secondary N) is 1. The molecule has 2 saturated heterocycles. The van der Waals surface area contributed by atoms with Gasteiger partial charge in [0.1, 0.15) is 5.76 Å². The van der Waals surface area contributed by atoms with Crippen molar-refractivity contribution >= 4 is 11.6 Å². The molecule has 2 aliphatic rings. The first-order chi connectivity index (χ1) is 12.3. The van der Waals surface area contributed by atoms with Crippen molar-refractivity contribution in [3.8, 4) is 0 Å². The summed E-state index contributed by atoms with van der Waals surface area (Å²) in [4.78, 5) is 18.7. The van der Waals surface area contributed by atoms with Gasteiger partial charge in [-0.3, -0.25) is 14.7 Å². The summed E-state index contributed by atoms with van der Waals surface area (Å²) in [5.74, 6) is 1.97. The minimum absolute atomic E-state index is 0.00309. The number of likely N-dealkylation sites (tertiary alicyclic amines) is 1. The minimum Gasteiger partial charge on any atom is -0.468 e. The van der Waals surface area contributed by atoms with Crippen LogP contribution in [0.3, 0.4) is 0 Å². The minimum atomic E-state index is -0.00309. The Morgan fingerprint density at radius 3 is 3.12 bits per heavy atom. The first kappa shape index (κ1) is 16.3. The Bertz CT molecular complexity index is 689. The van der Waals surface area contributed by atoms with Crippen molar-refractivity contribution in [2.75, 3.05) is 25.0 Å². The van der Waals surface area contributed by atoms with Crippen molar-refractivity contribution in [2.24, 2.45) is 11.8 Å². The fraction of sp³-hybridized carbons (Fsp3) is 0.474. The standard InChI is InChI=1S/C19H23N3O3/c23-19(21-15-3-1-6-20-10-15)9-18-17-5-7-22(11-14(17)13-25-18)12-16-4-2-8-24-16/h1-4,6,8,10,14,17-18H,5,7,9,11-13H2,(H,21,23)/t14-,17-,18+/m1/s1. The molecule has 2 aliphatic heterocycles. The van der Waals surface area contributed by atoms with Gasteiger partial charge in [0.05, 0.1) is 43.8 Å². The summed E-state index contributed by atoms with van der Waals surface area (Å²) in [6, 6.07) is 7.60. The third kappa shape index (κ3) is 3.91. The highest BCUT2D eigenvalue weighted by molar-refractivity contribution is 5.90. The molecule has 0 radical (unpaired) electrons. The largest absolute Gasteiger partial charge is 0.468 e. The number of ether oxygens (including phenoxy) is 1. The molecule has 2 aromatic heterocycles. The molecule has 4 heterocycles. The molecule has 0 aliphatic carbocycles. The lowest BCUT2D eigenvalue weighted by atomic mass is 9.83. The van der Waals surface area contributed by atoms with Crippen LogP contribution >= 0.6 is 0 Å². The third-order valence-corrected chi connectivity index (χ3v) is 5.17. The SMILES string of the molecule is O=C(C[C@@H]1OC[C@H]2CN(Cc3ccco3)CC[C@H]21)Nc1cccnc1. The van der Waals surface area contributed by atoms with Gasteiger partial charge in [0.25, 0.3) is 0 Å². The Morgan fingerprint density at radius 1 is 1.36 bits per heavy atom. The van der Waals surface area contributed by atoms with Gasteiger partial charge in [-0.05, 0) is 43.1 Å². The molecule has 6 nitrogen and oxygen atoms in total. The van der Waals surface area contributed by atoms with E-state index in [-0.39, 0.29) is 12.0 Å². The van der Waals surface area contributed by atoms with E-state index in [1.165, 1.54) is 0 Å². The van der Waals surface area contributed by atoms with Crippen molar-refractivity contribution in [1.29, 1.82) is 0 Å². The number of nitrogens with zero attached hydrogens (tertiary/aromatic N) is 2. The Morgan fingerprint density at radius 2 is 2.32 bits per heavy atom. The fourth-order valence-corrected chi connectivity index (χ4v) is 3.97. The van der Waals surface area contributed by atoms with Gasteiger partial charge >= 0.3 is 0 Å². The van der Waals surface area contributed by atoms with Crippen molar-refractivity contribution in [3.63, 3.8) is 0 Å². The molecule has 132 valence electrons. The van der Waals surface area contributed by atoms with Gasteiger partial charge in [0.15, 0.2) is 0 Å². The summed E-state index contributed by atoms with van der Waals surface area (Å²) in [6.07, 6.45) is 6.56. The van der Waals surface area contributed by atoms with Crippen molar-refractivity contribution in [3.05, 3.63) is 48.7 Å². The van der Waals surface area contributed by atoms with Crippen molar-refractivity contribution < 1.29 is 13.9 Å². The molecule has 0 spiro atoms. The predicted octanol–water partition coefficient (Wildman–Crippen LogP) is 2.54. The van der Waals surface area contributed by atoms with Crippen LogP contribution in [0.15, 0.2) is 47.3 Å². The summed E-state index contributed by atoms with van der Waals surface area (Å²) in [5, 5.41) is 2.90. The van der Waals surface area contributed by atoms with Crippen LogP contribution in [0.1, 0.15) is 18.6 Å². The molecule has 2 aromatic rings. The monoisotopic (exact) mass is 341 g/mol. The topological polar surface area (TPSA) is 67.6 Å². The van der Waals surface area contributed by atoms with E-state index >= 15 is 0 Å². The molecular formula is C19H23N3O3. The maximum Gasteiger partial charge on any atom is 0.227 e. The zero-order chi connectivity index (χ0) is 17.1. The highest BCUT2D eigenvalue weighted by atomic mass is 16.5. The van der Waals surface area contributed by atoms with Crippen LogP contribution in [0.5, 0.6) is 0 Å². The number of fused-ring (bicyclic) bond motifs is 1. The third-order valence-electron chi connectivity index (χ3n) is 5.17. The molecule has 4 rings (SSSR count). The second kappa shape index (κ2) is 7.37. The van der Waals surface area contributed by atoms with Crippen LogP contribution < -0.4 is 5.32 Å². The van der Waals surface area contributed by atoms with Gasteiger partial charge in [0, 0.05) is 18.7 Å². The van der Waals surface area contributed by atoms with E-state index in [1.54, 1.807) is 18.7 Å². The van der Waals surface area contributed by atoms with Crippen LogP contribution in [-0.4, -0.2) is 41.6 Å². The molecule has 2 fully saturated rings. The van der Waals surface area contributed by atoms with Gasteiger partial charge < -0.3 is 14.5 Å². The van der Waals surface area contributed by atoms with E-state index < -0.39 is 0 Å². The quantitative estimate of drug-likeness (QED) is 0.905. The van der Waals surface area contributed by atoms with E-state index in [9.17, 15) is 4.79 Å². The Balaban J connectivity index is 1.29. The normalized spacial score (nSPS) is 26.3. The molecule has 0 aromatic carbocycles. The van der Waals surface area contributed by atoms with E-state index in [0.717, 1.165) is 44.1 Å². The first-order valence-electron chi connectivity index (χ1n) is 8.84. The van der Waals surface area contributed by atoms with Crippen molar-refractivity contribution in [1.82, 2.24) is 9.88 Å². The smallest absolute Gasteiger partial charge is 0.227 e. The van der Waals surface area contributed by atoms with E-state index in [1.807, 2.05) is 24.3 Å². The molecule has 3 atom stereocenters.